The monoisotopic (exact) mass is 375 g/mol. The molecule has 0 N–H and O–H groups in total. The van der Waals surface area contributed by atoms with Crippen molar-refractivity contribution in [3.63, 3.8) is 0 Å². The van der Waals surface area contributed by atoms with Crippen LogP contribution in [0.15, 0.2) is 104 Å². The Morgan fingerprint density at radius 3 is 2.26 bits per heavy atom. The maximum absolute atomic E-state index is 13.3. The lowest BCUT2D eigenvalue weighted by Crippen LogP contribution is -2.15. The van der Waals surface area contributed by atoms with Crippen LogP contribution in [0.1, 0.15) is 5.56 Å². The average Bonchev–Trinajstić information content (AvgIpc) is 2.70. The molecule has 0 radical (unpaired) electrons. The lowest BCUT2D eigenvalue weighted by atomic mass is 10.2. The second-order valence-electron chi connectivity index (χ2n) is 6.17. The third kappa shape index (κ3) is 3.29. The van der Waals surface area contributed by atoms with Gasteiger partial charge in [-0.3, -0.25) is 0 Å². The van der Waals surface area contributed by atoms with Crippen LogP contribution >= 0.6 is 0 Å². The number of sulfone groups is 1. The number of benzene rings is 3. The maximum Gasteiger partial charge on any atom is 0.239 e. The summed E-state index contributed by atoms with van der Waals surface area (Å²) in [7, 11) is -3.78. The van der Waals surface area contributed by atoms with Gasteiger partial charge >= 0.3 is 0 Å². The first-order valence-corrected chi connectivity index (χ1v) is 9.97. The number of nitrogens with zero attached hydrogens (tertiary/aromatic N) is 1. The van der Waals surface area contributed by atoms with Gasteiger partial charge in [-0.15, -0.1) is 0 Å². The van der Waals surface area contributed by atoms with Crippen molar-refractivity contribution in [1.29, 1.82) is 0 Å². The van der Waals surface area contributed by atoms with E-state index in [0.29, 0.717) is 16.7 Å². The molecule has 0 spiro atoms. The largest absolute Gasteiger partial charge is 0.437 e. The molecule has 5 heteroatoms. The summed E-state index contributed by atoms with van der Waals surface area (Å²) in [5.74, 6) is 0. The minimum Gasteiger partial charge on any atom is -0.437 e. The molecule has 0 aliphatic heterocycles. The molecule has 4 aromatic rings. The Morgan fingerprint density at radius 2 is 1.48 bits per heavy atom. The molecule has 0 aliphatic rings. The lowest BCUT2D eigenvalue weighted by Gasteiger charge is -2.07. The van der Waals surface area contributed by atoms with Crippen LogP contribution in [0.3, 0.4) is 0 Å². The summed E-state index contributed by atoms with van der Waals surface area (Å²) in [4.78, 5) is 4.79. The van der Waals surface area contributed by atoms with E-state index in [-0.39, 0.29) is 15.3 Å². The molecule has 4 nitrogen and oxygen atoms in total. The van der Waals surface area contributed by atoms with Crippen LogP contribution in [0.4, 0.5) is 5.69 Å². The van der Waals surface area contributed by atoms with E-state index in [9.17, 15) is 8.42 Å². The Kier molecular flexibility index (Phi) is 4.38. The molecule has 0 aliphatic carbocycles. The molecular weight excluding hydrogens is 358 g/mol. The minimum absolute atomic E-state index is 0.0515. The zero-order chi connectivity index (χ0) is 18.9. The van der Waals surface area contributed by atoms with Crippen LogP contribution < -0.4 is 5.55 Å². The summed E-state index contributed by atoms with van der Waals surface area (Å²) >= 11 is 0. The van der Waals surface area contributed by atoms with E-state index in [1.807, 2.05) is 49.4 Å². The molecular formula is C22H17NO3S. The Bertz CT molecular complexity index is 1290. The molecule has 27 heavy (non-hydrogen) atoms. The lowest BCUT2D eigenvalue weighted by molar-refractivity contribution is 0.517. The standard InChI is InChI=1S/C22H17NO3S/c1-16-9-5-7-13-19(16)23-22-21(15-17-10-6-8-14-20(17)26-22)27(24,25)18-11-3-2-4-12-18/h2-15H,1H3. The highest BCUT2D eigenvalue weighted by atomic mass is 32.2. The number of aryl methyl sites for hydroxylation is 1. The quantitative estimate of drug-likeness (QED) is 0.516. The van der Waals surface area contributed by atoms with Gasteiger partial charge in [-0.2, -0.15) is 0 Å². The number of hydrogen-bond acceptors (Lipinski definition) is 4. The van der Waals surface area contributed by atoms with Crippen molar-refractivity contribution in [2.75, 3.05) is 0 Å². The zero-order valence-electron chi connectivity index (χ0n) is 14.7. The van der Waals surface area contributed by atoms with E-state index in [1.54, 1.807) is 42.5 Å². The molecule has 0 bridgehead atoms. The van der Waals surface area contributed by atoms with E-state index in [1.165, 1.54) is 0 Å². The summed E-state index contributed by atoms with van der Waals surface area (Å²) in [6.45, 7) is 1.92. The van der Waals surface area contributed by atoms with Crippen molar-refractivity contribution in [1.82, 2.24) is 0 Å². The van der Waals surface area contributed by atoms with Crippen molar-refractivity contribution < 1.29 is 12.8 Å². The molecule has 1 heterocycles. The van der Waals surface area contributed by atoms with Gasteiger partial charge < -0.3 is 4.42 Å². The second kappa shape index (κ2) is 6.85. The Balaban J connectivity index is 2.06. The molecule has 134 valence electrons. The van der Waals surface area contributed by atoms with Gasteiger partial charge in [0.2, 0.25) is 15.4 Å². The fourth-order valence-corrected chi connectivity index (χ4v) is 4.21. The van der Waals surface area contributed by atoms with Crippen LogP contribution in [0, 0.1) is 6.92 Å². The predicted molar refractivity (Wildman–Crippen MR) is 105 cm³/mol. The first kappa shape index (κ1) is 17.2. The van der Waals surface area contributed by atoms with Gasteiger partial charge in [0.15, 0.2) is 0 Å². The fourth-order valence-electron chi connectivity index (χ4n) is 2.85. The smallest absolute Gasteiger partial charge is 0.239 e. The summed E-state index contributed by atoms with van der Waals surface area (Å²) < 4.78 is 32.4. The van der Waals surface area contributed by atoms with Crippen LogP contribution in [0.2, 0.25) is 0 Å². The SMILES string of the molecule is Cc1ccccc1N=c1oc2ccccc2cc1S(=O)(=O)c1ccccc1. The summed E-state index contributed by atoms with van der Waals surface area (Å²) in [5, 5.41) is 0.704. The molecule has 1 aromatic heterocycles. The van der Waals surface area contributed by atoms with Gasteiger partial charge in [-0.05, 0) is 42.8 Å². The van der Waals surface area contributed by atoms with Crippen molar-refractivity contribution >= 4 is 26.5 Å². The summed E-state index contributed by atoms with van der Waals surface area (Å²) in [6.07, 6.45) is 0. The molecule has 0 fully saturated rings. The van der Waals surface area contributed by atoms with Crippen LogP contribution in [0.25, 0.3) is 11.0 Å². The third-order valence-electron chi connectivity index (χ3n) is 4.30. The highest BCUT2D eigenvalue weighted by Gasteiger charge is 2.22. The van der Waals surface area contributed by atoms with Gasteiger partial charge in [0.25, 0.3) is 0 Å². The molecule has 0 saturated heterocycles. The number of fused-ring (bicyclic) bond motifs is 1. The molecule has 0 saturated carbocycles. The highest BCUT2D eigenvalue weighted by Crippen LogP contribution is 2.23. The van der Waals surface area contributed by atoms with Crippen LogP contribution in [-0.2, 0) is 9.84 Å². The van der Waals surface area contributed by atoms with Gasteiger partial charge in [0.1, 0.15) is 10.5 Å². The van der Waals surface area contributed by atoms with Crippen molar-refractivity contribution in [3.8, 4) is 0 Å². The van der Waals surface area contributed by atoms with Gasteiger partial charge in [0.05, 0.1) is 10.6 Å². The number of rotatable bonds is 3. The van der Waals surface area contributed by atoms with Crippen molar-refractivity contribution in [2.24, 2.45) is 4.99 Å². The molecule has 0 unspecified atom stereocenters. The summed E-state index contributed by atoms with van der Waals surface area (Å²) in [6, 6.07) is 24.8. The predicted octanol–water partition coefficient (Wildman–Crippen LogP) is 4.81. The van der Waals surface area contributed by atoms with E-state index >= 15 is 0 Å². The van der Waals surface area contributed by atoms with E-state index in [4.69, 9.17) is 4.42 Å². The Morgan fingerprint density at radius 1 is 0.815 bits per heavy atom. The fraction of sp³-hybridized carbons (Fsp3) is 0.0455. The highest BCUT2D eigenvalue weighted by molar-refractivity contribution is 7.91. The van der Waals surface area contributed by atoms with Gasteiger partial charge in [-0.25, -0.2) is 13.4 Å². The van der Waals surface area contributed by atoms with E-state index < -0.39 is 9.84 Å². The minimum atomic E-state index is -3.78. The average molecular weight is 375 g/mol. The first-order valence-electron chi connectivity index (χ1n) is 8.49. The van der Waals surface area contributed by atoms with Crippen molar-refractivity contribution in [2.45, 2.75) is 16.7 Å². The first-order chi connectivity index (χ1) is 13.1. The van der Waals surface area contributed by atoms with Crippen LogP contribution in [-0.4, -0.2) is 8.42 Å². The zero-order valence-corrected chi connectivity index (χ0v) is 15.5. The maximum atomic E-state index is 13.3. The second-order valence-corrected chi connectivity index (χ2v) is 8.09. The number of para-hydroxylation sites is 2. The number of hydrogen-bond donors (Lipinski definition) is 0. The molecule has 0 atom stereocenters. The Hall–Kier alpha value is -3.18. The molecule has 0 amide bonds. The van der Waals surface area contributed by atoms with Crippen LogP contribution in [0.5, 0.6) is 0 Å². The van der Waals surface area contributed by atoms with Crippen molar-refractivity contribution in [3.05, 3.63) is 96.0 Å². The van der Waals surface area contributed by atoms with E-state index in [0.717, 1.165) is 5.56 Å². The third-order valence-corrected chi connectivity index (χ3v) is 6.07. The summed E-state index contributed by atoms with van der Waals surface area (Å²) in [5.41, 5.74) is 2.26. The Labute approximate surface area is 157 Å². The van der Waals surface area contributed by atoms with Gasteiger partial charge in [0, 0.05) is 5.39 Å². The topological polar surface area (TPSA) is 59.6 Å². The molecule has 4 rings (SSSR count). The van der Waals surface area contributed by atoms with E-state index in [2.05, 4.69) is 4.99 Å². The molecule has 3 aromatic carbocycles. The van der Waals surface area contributed by atoms with Gasteiger partial charge in [-0.1, -0.05) is 54.6 Å². The normalized spacial score (nSPS) is 12.4.